The van der Waals surface area contributed by atoms with Gasteiger partial charge in [0.1, 0.15) is 11.4 Å². The summed E-state index contributed by atoms with van der Waals surface area (Å²) >= 11 is 0. The number of aromatic nitrogens is 4. The van der Waals surface area contributed by atoms with E-state index in [1.54, 1.807) is 30.7 Å². The lowest BCUT2D eigenvalue weighted by atomic mass is 10.1. The van der Waals surface area contributed by atoms with E-state index in [9.17, 15) is 4.79 Å². The number of nitrogens with zero attached hydrogens (tertiary/aromatic N) is 4. The maximum Gasteiger partial charge on any atom is 0.222 e. The van der Waals surface area contributed by atoms with Gasteiger partial charge in [-0.25, -0.2) is 19.9 Å². The van der Waals surface area contributed by atoms with Gasteiger partial charge in [-0.1, -0.05) is 30.3 Å². The standard InChI is InChI=1S/C20H15N5O2/c1-13(26)23-17-12-22-18(19(25-17)16-8-5-11-27-16)15-9-10-21-20(24-15)14-6-3-2-4-7-14/h2-12H,1H3,(H,23,25,26). The van der Waals surface area contributed by atoms with Gasteiger partial charge in [-0.2, -0.15) is 0 Å². The Morgan fingerprint density at radius 3 is 2.56 bits per heavy atom. The predicted octanol–water partition coefficient (Wildman–Crippen LogP) is 3.82. The Hall–Kier alpha value is -3.87. The topological polar surface area (TPSA) is 93.8 Å². The zero-order valence-electron chi connectivity index (χ0n) is 14.5. The lowest BCUT2D eigenvalue weighted by molar-refractivity contribution is -0.114. The van der Waals surface area contributed by atoms with Gasteiger partial charge in [0.15, 0.2) is 17.4 Å². The molecule has 0 unspecified atom stereocenters. The van der Waals surface area contributed by atoms with Gasteiger partial charge in [-0.3, -0.25) is 4.79 Å². The number of amides is 1. The summed E-state index contributed by atoms with van der Waals surface area (Å²) in [5.74, 6) is 1.24. The SMILES string of the molecule is CC(=O)Nc1cnc(-c2ccnc(-c3ccccc3)n2)c(-c2ccco2)n1. The van der Waals surface area contributed by atoms with Crippen LogP contribution in [0.4, 0.5) is 5.82 Å². The molecule has 3 aromatic heterocycles. The Balaban J connectivity index is 1.83. The molecule has 0 atom stereocenters. The van der Waals surface area contributed by atoms with Gasteiger partial charge in [0.05, 0.1) is 18.2 Å². The maximum atomic E-state index is 11.3. The first-order chi connectivity index (χ1) is 13.2. The highest BCUT2D eigenvalue weighted by Gasteiger charge is 2.17. The van der Waals surface area contributed by atoms with E-state index in [1.807, 2.05) is 30.3 Å². The Morgan fingerprint density at radius 2 is 1.81 bits per heavy atom. The van der Waals surface area contributed by atoms with Crippen LogP contribution in [-0.2, 0) is 4.79 Å². The molecule has 4 aromatic rings. The molecule has 3 heterocycles. The first kappa shape index (κ1) is 16.6. The van der Waals surface area contributed by atoms with Gasteiger partial charge in [-0.15, -0.1) is 0 Å². The van der Waals surface area contributed by atoms with E-state index < -0.39 is 0 Å². The third-order valence-corrected chi connectivity index (χ3v) is 3.76. The van der Waals surface area contributed by atoms with Gasteiger partial charge in [0.2, 0.25) is 5.91 Å². The van der Waals surface area contributed by atoms with E-state index in [-0.39, 0.29) is 5.91 Å². The van der Waals surface area contributed by atoms with Crippen molar-refractivity contribution in [2.75, 3.05) is 5.32 Å². The summed E-state index contributed by atoms with van der Waals surface area (Å²) in [5, 5.41) is 2.64. The fourth-order valence-electron chi connectivity index (χ4n) is 2.62. The molecule has 132 valence electrons. The normalized spacial score (nSPS) is 10.6. The van der Waals surface area contributed by atoms with Crippen molar-refractivity contribution >= 4 is 11.7 Å². The number of rotatable bonds is 4. The highest BCUT2D eigenvalue weighted by atomic mass is 16.3. The molecule has 0 bridgehead atoms. The minimum Gasteiger partial charge on any atom is -0.463 e. The second kappa shape index (κ2) is 7.17. The van der Waals surface area contributed by atoms with E-state index in [4.69, 9.17) is 4.42 Å². The maximum absolute atomic E-state index is 11.3. The fraction of sp³-hybridized carbons (Fsp3) is 0.0500. The van der Waals surface area contributed by atoms with Crippen LogP contribution in [0.15, 0.2) is 71.6 Å². The number of hydrogen-bond donors (Lipinski definition) is 1. The van der Waals surface area contributed by atoms with Crippen LogP contribution in [-0.4, -0.2) is 25.8 Å². The van der Waals surface area contributed by atoms with Crippen LogP contribution in [0.25, 0.3) is 34.2 Å². The van der Waals surface area contributed by atoms with Crippen LogP contribution >= 0.6 is 0 Å². The van der Waals surface area contributed by atoms with Crippen LogP contribution in [0, 0.1) is 0 Å². The molecule has 27 heavy (non-hydrogen) atoms. The molecular weight excluding hydrogens is 342 g/mol. The minimum atomic E-state index is -0.226. The molecular formula is C20H15N5O2. The molecule has 4 rings (SSSR count). The third-order valence-electron chi connectivity index (χ3n) is 3.76. The number of hydrogen-bond acceptors (Lipinski definition) is 6. The molecule has 7 nitrogen and oxygen atoms in total. The lowest BCUT2D eigenvalue weighted by Crippen LogP contribution is -2.09. The van der Waals surface area contributed by atoms with Crippen molar-refractivity contribution in [1.82, 2.24) is 19.9 Å². The van der Waals surface area contributed by atoms with Crippen LogP contribution in [0.1, 0.15) is 6.92 Å². The lowest BCUT2D eigenvalue weighted by Gasteiger charge is -2.09. The molecule has 0 saturated carbocycles. The first-order valence-electron chi connectivity index (χ1n) is 8.28. The molecule has 7 heteroatoms. The molecule has 0 aliphatic rings. The van der Waals surface area contributed by atoms with E-state index >= 15 is 0 Å². The summed E-state index contributed by atoms with van der Waals surface area (Å²) < 4.78 is 5.50. The van der Waals surface area contributed by atoms with Gasteiger partial charge in [-0.05, 0) is 18.2 Å². The van der Waals surface area contributed by atoms with Crippen molar-refractivity contribution in [2.45, 2.75) is 6.92 Å². The minimum absolute atomic E-state index is 0.226. The molecule has 0 aliphatic heterocycles. The Bertz CT molecular complexity index is 1080. The molecule has 0 spiro atoms. The van der Waals surface area contributed by atoms with E-state index in [0.29, 0.717) is 34.5 Å². The summed E-state index contributed by atoms with van der Waals surface area (Å²) in [5.41, 5.74) is 2.54. The largest absolute Gasteiger partial charge is 0.463 e. The zero-order valence-corrected chi connectivity index (χ0v) is 14.5. The molecule has 0 saturated heterocycles. The summed E-state index contributed by atoms with van der Waals surface area (Å²) in [6.45, 7) is 1.42. The average Bonchev–Trinajstić information content (AvgIpc) is 3.23. The Kier molecular flexibility index (Phi) is 4.40. The molecule has 1 aromatic carbocycles. The van der Waals surface area contributed by atoms with Crippen molar-refractivity contribution in [2.24, 2.45) is 0 Å². The van der Waals surface area contributed by atoms with Crippen molar-refractivity contribution in [1.29, 1.82) is 0 Å². The molecule has 1 amide bonds. The van der Waals surface area contributed by atoms with Gasteiger partial charge in [0.25, 0.3) is 0 Å². The number of benzene rings is 1. The molecule has 0 aliphatic carbocycles. The second-order valence-corrected chi connectivity index (χ2v) is 5.74. The quantitative estimate of drug-likeness (QED) is 0.597. The van der Waals surface area contributed by atoms with Crippen LogP contribution in [0.3, 0.4) is 0 Å². The highest BCUT2D eigenvalue weighted by Crippen LogP contribution is 2.29. The summed E-state index contributed by atoms with van der Waals surface area (Å²) in [4.78, 5) is 29.3. The number of carbonyl (C=O) groups excluding carboxylic acids is 1. The predicted molar refractivity (Wildman–Crippen MR) is 100 cm³/mol. The van der Waals surface area contributed by atoms with Crippen LogP contribution in [0.2, 0.25) is 0 Å². The van der Waals surface area contributed by atoms with E-state index in [2.05, 4.69) is 25.3 Å². The first-order valence-corrected chi connectivity index (χ1v) is 8.28. The summed E-state index contributed by atoms with van der Waals surface area (Å²) in [6, 6.07) is 15.0. The number of nitrogens with one attached hydrogen (secondary N) is 1. The van der Waals surface area contributed by atoms with E-state index in [1.165, 1.54) is 13.1 Å². The van der Waals surface area contributed by atoms with Crippen molar-refractivity contribution in [3.8, 4) is 34.2 Å². The monoisotopic (exact) mass is 357 g/mol. The average molecular weight is 357 g/mol. The van der Waals surface area contributed by atoms with E-state index in [0.717, 1.165) is 5.56 Å². The number of carbonyl (C=O) groups is 1. The van der Waals surface area contributed by atoms with Crippen molar-refractivity contribution in [3.63, 3.8) is 0 Å². The Morgan fingerprint density at radius 1 is 0.963 bits per heavy atom. The second-order valence-electron chi connectivity index (χ2n) is 5.74. The zero-order chi connectivity index (χ0) is 18.6. The van der Waals surface area contributed by atoms with Crippen molar-refractivity contribution in [3.05, 3.63) is 67.2 Å². The molecule has 0 fully saturated rings. The highest BCUT2D eigenvalue weighted by molar-refractivity contribution is 5.88. The number of furan rings is 1. The van der Waals surface area contributed by atoms with Crippen molar-refractivity contribution < 1.29 is 9.21 Å². The number of anilines is 1. The summed E-state index contributed by atoms with van der Waals surface area (Å²) in [7, 11) is 0. The van der Waals surface area contributed by atoms with Gasteiger partial charge in [0, 0.05) is 18.7 Å². The summed E-state index contributed by atoms with van der Waals surface area (Å²) in [6.07, 6.45) is 4.73. The third kappa shape index (κ3) is 3.57. The van der Waals surface area contributed by atoms with Gasteiger partial charge >= 0.3 is 0 Å². The molecule has 1 N–H and O–H groups in total. The smallest absolute Gasteiger partial charge is 0.222 e. The van der Waals surface area contributed by atoms with Crippen LogP contribution < -0.4 is 5.32 Å². The fourth-order valence-corrected chi connectivity index (χ4v) is 2.62. The molecule has 0 radical (unpaired) electrons. The Labute approximate surface area is 155 Å². The van der Waals surface area contributed by atoms with Crippen LogP contribution in [0.5, 0.6) is 0 Å². The van der Waals surface area contributed by atoms with Gasteiger partial charge < -0.3 is 9.73 Å².